The third kappa shape index (κ3) is 6.22. The van der Waals surface area contributed by atoms with E-state index >= 15 is 0 Å². The minimum atomic E-state index is -1.18. The maximum Gasteiger partial charge on any atom is 0.309 e. The van der Waals surface area contributed by atoms with Crippen molar-refractivity contribution in [3.8, 4) is 0 Å². The molecule has 5 fully saturated rings. The number of esters is 1. The molecule has 8 atom stereocenters. The monoisotopic (exact) mass is 789 g/mol. The first-order valence-electron chi connectivity index (χ1n) is 21.2. The molecule has 0 bridgehead atoms. The Morgan fingerprint density at radius 1 is 0.946 bits per heavy atom. The predicted molar refractivity (Wildman–Crippen MR) is 215 cm³/mol. The smallest absolute Gasteiger partial charge is 0.309 e. The number of ether oxygens (including phenoxy) is 1. The number of amides is 1. The predicted octanol–water partition coefficient (Wildman–Crippen LogP) is 9.58. The summed E-state index contributed by atoms with van der Waals surface area (Å²) in [6.07, 6.45) is 14.6. The van der Waals surface area contributed by atoms with Crippen LogP contribution < -0.4 is 5.32 Å². The number of Topliss-reactive ketones (excluding diaryl/α,β-unsaturated/α-hetero) is 1. The number of nitrogens with one attached hydrogen (secondary N) is 1. The van der Waals surface area contributed by atoms with Crippen LogP contribution in [0.1, 0.15) is 152 Å². The fourth-order valence-electron chi connectivity index (χ4n) is 13.5. The van der Waals surface area contributed by atoms with E-state index in [2.05, 4.69) is 69.8 Å². The lowest BCUT2D eigenvalue weighted by molar-refractivity contribution is -0.232. The molecule has 7 rings (SSSR count). The number of hydrogen-bond donors (Lipinski definition) is 2. The zero-order valence-corrected chi connectivity index (χ0v) is 36.1. The molecular formula is C46H64ClN3O6. The zero-order chi connectivity index (χ0) is 41.0. The average molecular weight is 790 g/mol. The number of fused-ring (bicyclic) bond motifs is 7. The van der Waals surface area contributed by atoms with E-state index in [1.165, 1.54) is 5.57 Å². The molecule has 1 heterocycles. The largest absolute Gasteiger partial charge is 0.481 e. The van der Waals surface area contributed by atoms with Crippen molar-refractivity contribution < 1.29 is 29.0 Å². The van der Waals surface area contributed by atoms with Gasteiger partial charge in [-0.25, -0.2) is 9.97 Å². The van der Waals surface area contributed by atoms with Gasteiger partial charge in [0.1, 0.15) is 11.6 Å². The van der Waals surface area contributed by atoms with Crippen LogP contribution in [0.4, 0.5) is 0 Å². The maximum absolute atomic E-state index is 14.2. The summed E-state index contributed by atoms with van der Waals surface area (Å²) in [6.45, 7) is 21.5. The number of carbonyl (C=O) groups is 4. The number of carboxylic acid groups (broad SMARTS) is 1. The van der Waals surface area contributed by atoms with Crippen molar-refractivity contribution in [3.05, 3.63) is 46.0 Å². The first-order chi connectivity index (χ1) is 26.0. The average Bonchev–Trinajstić information content (AvgIpc) is 3.81. The van der Waals surface area contributed by atoms with Crippen molar-refractivity contribution in [2.24, 2.45) is 56.2 Å². The number of rotatable bonds is 9. The van der Waals surface area contributed by atoms with Crippen molar-refractivity contribution in [1.82, 2.24) is 15.3 Å². The lowest BCUT2D eigenvalue weighted by atomic mass is 9.33. The molecule has 2 N–H and O–H groups in total. The fourth-order valence-corrected chi connectivity index (χ4v) is 13.6. The Morgan fingerprint density at radius 3 is 2.21 bits per heavy atom. The van der Waals surface area contributed by atoms with Gasteiger partial charge in [-0.05, 0) is 136 Å². The van der Waals surface area contributed by atoms with Crippen molar-refractivity contribution in [1.29, 1.82) is 0 Å². The molecule has 56 heavy (non-hydrogen) atoms. The molecule has 0 spiro atoms. The Kier molecular flexibility index (Phi) is 9.90. The van der Waals surface area contributed by atoms with Crippen LogP contribution in [0.15, 0.2) is 35.2 Å². The molecule has 0 unspecified atom stereocenters. The van der Waals surface area contributed by atoms with Gasteiger partial charge in [0.25, 0.3) is 0 Å². The van der Waals surface area contributed by atoms with E-state index in [4.69, 9.17) is 16.3 Å². The van der Waals surface area contributed by atoms with E-state index in [0.717, 1.165) is 69.8 Å². The Hall–Kier alpha value is -3.07. The fraction of sp³-hybridized carbons (Fsp3) is 0.739. The van der Waals surface area contributed by atoms with E-state index in [1.54, 1.807) is 26.2 Å². The van der Waals surface area contributed by atoms with Crippen molar-refractivity contribution in [2.45, 2.75) is 158 Å². The number of nitrogens with zero attached hydrogens (tertiary/aromatic N) is 2. The molecule has 0 saturated heterocycles. The normalized spacial score (nSPS) is 37.2. The number of ketones is 1. The number of carbonyl (C=O) groups excluding carboxylic acids is 3. The van der Waals surface area contributed by atoms with Gasteiger partial charge in [-0.1, -0.05) is 66.1 Å². The van der Waals surface area contributed by atoms with Crippen molar-refractivity contribution in [2.75, 3.05) is 0 Å². The van der Waals surface area contributed by atoms with Crippen LogP contribution in [-0.2, 0) is 29.5 Å². The van der Waals surface area contributed by atoms with Crippen LogP contribution in [0.2, 0.25) is 5.02 Å². The third-order valence-corrected chi connectivity index (χ3v) is 17.1. The lowest BCUT2D eigenvalue weighted by Crippen LogP contribution is -2.65. The van der Waals surface area contributed by atoms with E-state index < -0.39 is 28.3 Å². The van der Waals surface area contributed by atoms with Crippen LogP contribution in [0, 0.1) is 56.2 Å². The van der Waals surface area contributed by atoms with Crippen LogP contribution in [0.25, 0.3) is 0 Å². The molecule has 306 valence electrons. The summed E-state index contributed by atoms with van der Waals surface area (Å²) in [6, 6.07) is 0. The molecular weight excluding hydrogens is 726 g/mol. The van der Waals surface area contributed by atoms with E-state index in [-0.39, 0.29) is 57.7 Å². The summed E-state index contributed by atoms with van der Waals surface area (Å²) >= 11 is 6.06. The number of hydrogen-bond acceptors (Lipinski definition) is 7. The quantitative estimate of drug-likeness (QED) is 0.187. The highest BCUT2D eigenvalue weighted by molar-refractivity contribution is 6.30. The highest BCUT2D eigenvalue weighted by atomic mass is 35.5. The molecule has 6 aliphatic rings. The Balaban J connectivity index is 1.16. The van der Waals surface area contributed by atoms with Gasteiger partial charge in [0, 0.05) is 35.2 Å². The molecule has 1 amide bonds. The SMILES string of the molecule is C/C(=C\[C@@]12CC[C@]3(C)[C@H](CC[C@@H]4[C@@]5(C)CC[C@H](OC(=O)CC(C)(C)C(=O)O)C(C)(C)[C@@H]5CC[C@]43C)C1=C(C(C)C)C(=O)C2)C(=O)NC1(c2ncc(Cl)cn2)CC1. The summed E-state index contributed by atoms with van der Waals surface area (Å²) in [4.78, 5) is 61.9. The number of carboxylic acids is 1. The first kappa shape index (κ1) is 41.1. The molecule has 6 aliphatic carbocycles. The molecule has 0 radical (unpaired) electrons. The van der Waals surface area contributed by atoms with Crippen molar-refractivity contribution >= 4 is 35.2 Å². The number of halogens is 1. The second-order valence-electron chi connectivity index (χ2n) is 21.1. The molecule has 10 heteroatoms. The van der Waals surface area contributed by atoms with E-state index in [9.17, 15) is 24.3 Å². The summed E-state index contributed by atoms with van der Waals surface area (Å²) in [5.41, 5.74) is 0.509. The van der Waals surface area contributed by atoms with Crippen molar-refractivity contribution in [3.63, 3.8) is 0 Å². The Labute approximate surface area is 338 Å². The molecule has 0 aromatic carbocycles. The molecule has 0 aliphatic heterocycles. The zero-order valence-electron chi connectivity index (χ0n) is 35.4. The maximum atomic E-state index is 14.2. The van der Waals surface area contributed by atoms with Crippen LogP contribution in [-0.4, -0.2) is 44.8 Å². The van der Waals surface area contributed by atoms with Gasteiger partial charge in [-0.3, -0.25) is 19.2 Å². The minimum Gasteiger partial charge on any atom is -0.481 e. The lowest BCUT2D eigenvalue weighted by Gasteiger charge is -2.72. The molecule has 1 aromatic rings. The highest BCUT2D eigenvalue weighted by Gasteiger charge is 2.70. The third-order valence-electron chi connectivity index (χ3n) is 16.9. The number of allylic oxidation sites excluding steroid dienone is 3. The van der Waals surface area contributed by atoms with Crippen LogP contribution in [0.5, 0.6) is 0 Å². The highest BCUT2D eigenvalue weighted by Crippen LogP contribution is 2.77. The summed E-state index contributed by atoms with van der Waals surface area (Å²) in [5, 5.41) is 13.3. The van der Waals surface area contributed by atoms with Gasteiger partial charge >= 0.3 is 11.9 Å². The van der Waals surface area contributed by atoms with Gasteiger partial charge in [0.05, 0.1) is 16.9 Å². The van der Waals surface area contributed by atoms with Gasteiger partial charge in [0.15, 0.2) is 11.6 Å². The summed E-state index contributed by atoms with van der Waals surface area (Å²) in [5.74, 6) is 0.424. The Morgan fingerprint density at radius 2 is 1.61 bits per heavy atom. The van der Waals surface area contributed by atoms with Gasteiger partial charge < -0.3 is 15.2 Å². The van der Waals surface area contributed by atoms with Crippen LogP contribution >= 0.6 is 11.6 Å². The molecule has 9 nitrogen and oxygen atoms in total. The first-order valence-corrected chi connectivity index (χ1v) is 21.5. The minimum absolute atomic E-state index is 0.0304. The van der Waals surface area contributed by atoms with E-state index in [1.807, 2.05) is 6.92 Å². The molecule has 1 aromatic heterocycles. The second kappa shape index (κ2) is 13.5. The summed E-state index contributed by atoms with van der Waals surface area (Å²) in [7, 11) is 0. The van der Waals surface area contributed by atoms with Gasteiger partial charge in [0.2, 0.25) is 5.91 Å². The number of aliphatic carboxylic acids is 1. The topological polar surface area (TPSA) is 136 Å². The van der Waals surface area contributed by atoms with E-state index in [0.29, 0.717) is 34.7 Å². The van der Waals surface area contributed by atoms with Crippen LogP contribution in [0.3, 0.4) is 0 Å². The standard InChI is InChI=1S/C46H64ClN3O6/c1-26(2)35-30(51)22-45(21-27(3)37(53)50-46(19-20-46)38-48-24-28(47)25-49-38)18-17-43(9)29(36(35)45)11-12-32-42(8)15-14-33(56-34(52)23-40(4,5)39(54)55)41(6,7)31(42)13-16-44(32,43)10/h21,24-26,29,31-33H,11-20,22-23H2,1-10H3,(H,50,53)(H,54,55)/b27-21+/t29-,31+,32-,33+,42+,43-,44-,45-/m1/s1. The molecule has 5 saturated carbocycles. The van der Waals surface area contributed by atoms with Gasteiger partial charge in [-0.15, -0.1) is 0 Å². The number of aromatic nitrogens is 2. The Bertz CT molecular complexity index is 1900. The van der Waals surface area contributed by atoms with Gasteiger partial charge in [-0.2, -0.15) is 0 Å². The second-order valence-corrected chi connectivity index (χ2v) is 21.6. The summed E-state index contributed by atoms with van der Waals surface area (Å²) < 4.78 is 6.18.